The second-order valence-corrected chi connectivity index (χ2v) is 9.04. The topological polar surface area (TPSA) is 77.6 Å². The summed E-state index contributed by atoms with van der Waals surface area (Å²) in [6, 6.07) is 14.3. The number of aryl methyl sites for hydroxylation is 4. The van der Waals surface area contributed by atoms with Gasteiger partial charge >= 0.3 is 0 Å². The zero-order valence-corrected chi connectivity index (χ0v) is 20.4. The third-order valence-electron chi connectivity index (χ3n) is 5.57. The molecule has 4 aromatic rings. The molecule has 0 aliphatic heterocycles. The number of hydrogen-bond acceptors (Lipinski definition) is 5. The molecule has 0 radical (unpaired) electrons. The van der Waals surface area contributed by atoms with Gasteiger partial charge in [-0.25, -0.2) is 0 Å². The molecule has 2 aromatic heterocycles. The van der Waals surface area contributed by atoms with Gasteiger partial charge < -0.3 is 9.88 Å². The van der Waals surface area contributed by atoms with Crippen LogP contribution < -0.4 is 5.32 Å². The zero-order chi connectivity index (χ0) is 23.5. The summed E-state index contributed by atoms with van der Waals surface area (Å²) in [5.41, 5.74) is 7.08. The first-order chi connectivity index (χ1) is 15.9. The number of aromatic nitrogens is 5. The molecule has 0 bridgehead atoms. The molecule has 1 amide bonds. The van der Waals surface area contributed by atoms with Crippen molar-refractivity contribution in [1.82, 2.24) is 24.5 Å². The molecule has 0 fully saturated rings. The maximum atomic E-state index is 12.7. The highest BCUT2D eigenvalue weighted by atomic mass is 32.2. The molecule has 2 heterocycles. The third-order valence-corrected chi connectivity index (χ3v) is 6.59. The van der Waals surface area contributed by atoms with E-state index in [-0.39, 0.29) is 11.7 Å². The highest BCUT2D eigenvalue weighted by Gasteiger charge is 2.19. The van der Waals surface area contributed by atoms with Crippen LogP contribution in [0.15, 0.2) is 53.8 Å². The Hall–Kier alpha value is -3.39. The first-order valence-electron chi connectivity index (χ1n) is 10.9. The summed E-state index contributed by atoms with van der Waals surface area (Å²) < 4.78 is 3.70. The van der Waals surface area contributed by atoms with Gasteiger partial charge in [0, 0.05) is 31.5 Å². The number of carbonyl (C=O) groups is 1. The molecular weight excluding hydrogens is 432 g/mol. The molecule has 0 atom stereocenters. The van der Waals surface area contributed by atoms with E-state index in [4.69, 9.17) is 0 Å². The van der Waals surface area contributed by atoms with Gasteiger partial charge in [0.2, 0.25) is 5.91 Å². The number of nitrogens with zero attached hydrogens (tertiary/aromatic N) is 5. The van der Waals surface area contributed by atoms with Crippen LogP contribution in [0.2, 0.25) is 0 Å². The van der Waals surface area contributed by atoms with Gasteiger partial charge in [0.25, 0.3) is 0 Å². The van der Waals surface area contributed by atoms with E-state index in [0.717, 1.165) is 40.1 Å². The average molecular weight is 461 g/mol. The molecule has 0 aliphatic carbocycles. The maximum Gasteiger partial charge on any atom is 0.234 e. The van der Waals surface area contributed by atoms with Crippen LogP contribution in [0.4, 0.5) is 5.69 Å². The van der Waals surface area contributed by atoms with Crippen molar-refractivity contribution in [2.24, 2.45) is 14.1 Å². The molecule has 4 rings (SSSR count). The Balaban J connectivity index is 1.52. The Bertz CT molecular complexity index is 1290. The van der Waals surface area contributed by atoms with Gasteiger partial charge in [0.1, 0.15) is 5.69 Å². The predicted octanol–water partition coefficient (Wildman–Crippen LogP) is 4.79. The first kappa shape index (κ1) is 22.8. The van der Waals surface area contributed by atoms with Crippen LogP contribution >= 0.6 is 11.8 Å². The van der Waals surface area contributed by atoms with E-state index in [1.807, 2.05) is 50.0 Å². The summed E-state index contributed by atoms with van der Waals surface area (Å²) >= 11 is 1.37. The minimum absolute atomic E-state index is 0.0599. The van der Waals surface area contributed by atoms with Crippen molar-refractivity contribution in [3.63, 3.8) is 0 Å². The Labute approximate surface area is 198 Å². The minimum atomic E-state index is -0.0599. The third kappa shape index (κ3) is 4.85. The Kier molecular flexibility index (Phi) is 6.65. The lowest BCUT2D eigenvalue weighted by atomic mass is 10.1. The van der Waals surface area contributed by atoms with Crippen molar-refractivity contribution in [2.75, 3.05) is 11.1 Å². The summed E-state index contributed by atoms with van der Waals surface area (Å²) in [6.07, 6.45) is 2.82. The van der Waals surface area contributed by atoms with Gasteiger partial charge in [-0.3, -0.25) is 9.48 Å². The van der Waals surface area contributed by atoms with E-state index in [9.17, 15) is 4.79 Å². The lowest BCUT2D eigenvalue weighted by molar-refractivity contribution is -0.113. The van der Waals surface area contributed by atoms with Crippen molar-refractivity contribution in [3.05, 3.63) is 65.4 Å². The lowest BCUT2D eigenvalue weighted by Gasteiger charge is -2.12. The first-order valence-corrected chi connectivity index (χ1v) is 11.9. The van der Waals surface area contributed by atoms with Gasteiger partial charge in [0.15, 0.2) is 11.0 Å². The highest BCUT2D eigenvalue weighted by molar-refractivity contribution is 7.99. The Morgan fingerprint density at radius 3 is 2.55 bits per heavy atom. The number of para-hydroxylation sites is 1. The second kappa shape index (κ2) is 9.62. The van der Waals surface area contributed by atoms with Gasteiger partial charge in [0.05, 0.1) is 11.3 Å². The van der Waals surface area contributed by atoms with E-state index in [0.29, 0.717) is 11.0 Å². The number of nitrogens with one attached hydrogen (secondary N) is 1. The molecule has 2 aromatic carbocycles. The Morgan fingerprint density at radius 1 is 1.06 bits per heavy atom. The monoisotopic (exact) mass is 460 g/mol. The summed E-state index contributed by atoms with van der Waals surface area (Å²) in [6.45, 7) is 6.16. The molecule has 170 valence electrons. The standard InChI is InChI=1S/C25H28N6OS/c1-6-18-9-7-8-17(3)22(18)26-21(32)15-33-25-28-27-24(31(25)5)20-14-30(4)29-23(20)19-12-10-16(2)11-13-19/h7-14H,6,15H2,1-5H3,(H,26,32). The second-order valence-electron chi connectivity index (χ2n) is 8.10. The fourth-order valence-electron chi connectivity index (χ4n) is 3.76. The number of thioether (sulfide) groups is 1. The molecular formula is C25H28N6OS. The fraction of sp³-hybridized carbons (Fsp3) is 0.280. The van der Waals surface area contributed by atoms with E-state index in [1.165, 1.54) is 17.3 Å². The molecule has 8 heteroatoms. The average Bonchev–Trinajstić information content (AvgIpc) is 3.36. The summed E-state index contributed by atoms with van der Waals surface area (Å²) in [5, 5.41) is 17.1. The lowest BCUT2D eigenvalue weighted by Crippen LogP contribution is -2.16. The molecule has 7 nitrogen and oxygen atoms in total. The van der Waals surface area contributed by atoms with Crippen molar-refractivity contribution < 1.29 is 4.79 Å². The van der Waals surface area contributed by atoms with Crippen molar-refractivity contribution in [2.45, 2.75) is 32.3 Å². The van der Waals surface area contributed by atoms with Gasteiger partial charge in [-0.1, -0.05) is 66.7 Å². The quantitative estimate of drug-likeness (QED) is 0.401. The van der Waals surface area contributed by atoms with Crippen LogP contribution in [0.3, 0.4) is 0 Å². The summed E-state index contributed by atoms with van der Waals surface area (Å²) in [7, 11) is 3.81. The SMILES string of the molecule is CCc1cccc(C)c1NC(=O)CSc1nnc(-c2cn(C)nc2-c2ccc(C)cc2)n1C. The molecule has 0 saturated heterocycles. The van der Waals surface area contributed by atoms with E-state index >= 15 is 0 Å². The van der Waals surface area contributed by atoms with Crippen LogP contribution in [0.25, 0.3) is 22.6 Å². The number of benzene rings is 2. The van der Waals surface area contributed by atoms with Gasteiger partial charge in [-0.2, -0.15) is 5.10 Å². The normalized spacial score (nSPS) is 11.1. The van der Waals surface area contributed by atoms with Crippen LogP contribution in [0.5, 0.6) is 0 Å². The number of carbonyl (C=O) groups excluding carboxylic acids is 1. The Morgan fingerprint density at radius 2 is 1.82 bits per heavy atom. The van der Waals surface area contributed by atoms with Crippen molar-refractivity contribution in [3.8, 4) is 22.6 Å². The molecule has 33 heavy (non-hydrogen) atoms. The van der Waals surface area contributed by atoms with Gasteiger partial charge in [-0.15, -0.1) is 10.2 Å². The van der Waals surface area contributed by atoms with Crippen molar-refractivity contribution >= 4 is 23.4 Å². The zero-order valence-electron chi connectivity index (χ0n) is 19.6. The smallest absolute Gasteiger partial charge is 0.234 e. The van der Waals surface area contributed by atoms with Crippen LogP contribution in [-0.2, 0) is 25.3 Å². The number of anilines is 1. The molecule has 0 saturated carbocycles. The highest BCUT2D eigenvalue weighted by Crippen LogP contribution is 2.31. The summed E-state index contributed by atoms with van der Waals surface area (Å²) in [4.78, 5) is 12.7. The van der Waals surface area contributed by atoms with Crippen LogP contribution in [0.1, 0.15) is 23.6 Å². The number of rotatable bonds is 7. The largest absolute Gasteiger partial charge is 0.325 e. The summed E-state index contributed by atoms with van der Waals surface area (Å²) in [5.74, 6) is 0.908. The van der Waals surface area contributed by atoms with Crippen molar-refractivity contribution in [1.29, 1.82) is 0 Å². The van der Waals surface area contributed by atoms with Crippen LogP contribution in [0, 0.1) is 13.8 Å². The number of amides is 1. The maximum absolute atomic E-state index is 12.7. The van der Waals surface area contributed by atoms with E-state index in [1.54, 1.807) is 4.68 Å². The minimum Gasteiger partial charge on any atom is -0.325 e. The molecule has 0 aliphatic rings. The molecule has 0 spiro atoms. The predicted molar refractivity (Wildman–Crippen MR) is 133 cm³/mol. The van der Waals surface area contributed by atoms with Gasteiger partial charge in [-0.05, 0) is 31.4 Å². The number of hydrogen-bond donors (Lipinski definition) is 1. The molecule has 1 N–H and O–H groups in total. The van der Waals surface area contributed by atoms with Crippen LogP contribution in [-0.4, -0.2) is 36.2 Å². The van der Waals surface area contributed by atoms with E-state index in [2.05, 4.69) is 58.7 Å². The molecule has 0 unspecified atom stereocenters. The fourth-order valence-corrected chi connectivity index (χ4v) is 4.47. The van der Waals surface area contributed by atoms with E-state index < -0.39 is 0 Å².